The number of amides is 2. The molecule has 5 nitrogen and oxygen atoms in total. The topological polar surface area (TPSA) is 52.7 Å². The van der Waals surface area contributed by atoms with E-state index in [1.807, 2.05) is 24.3 Å². The fourth-order valence-electron chi connectivity index (χ4n) is 5.94. The van der Waals surface area contributed by atoms with Crippen LogP contribution in [-0.2, 0) is 4.79 Å². The lowest BCUT2D eigenvalue weighted by molar-refractivity contribution is -0.123. The first kappa shape index (κ1) is 26.1. The van der Waals surface area contributed by atoms with E-state index in [0.717, 1.165) is 0 Å². The Kier molecular flexibility index (Phi) is 7.32. The molecule has 0 radical (unpaired) electrons. The van der Waals surface area contributed by atoms with E-state index in [1.165, 1.54) is 6.07 Å². The number of hydrogen-bond acceptors (Lipinski definition) is 3. The van der Waals surface area contributed by atoms with Crippen LogP contribution in [0.5, 0.6) is 0 Å². The summed E-state index contributed by atoms with van der Waals surface area (Å²) in [6, 6.07) is 11.1. The number of halogens is 3. The largest absolute Gasteiger partial charge is 0.365 e. The van der Waals surface area contributed by atoms with Crippen LogP contribution in [0.4, 0.5) is 24.5 Å². The predicted molar refractivity (Wildman–Crippen MR) is 142 cm³/mol. The van der Waals surface area contributed by atoms with Gasteiger partial charge in [0.05, 0.1) is 24.1 Å². The quantitative estimate of drug-likeness (QED) is 0.525. The van der Waals surface area contributed by atoms with E-state index in [2.05, 4.69) is 5.32 Å². The summed E-state index contributed by atoms with van der Waals surface area (Å²) in [4.78, 5) is 30.7. The first-order chi connectivity index (χ1) is 18.2. The van der Waals surface area contributed by atoms with E-state index in [0.29, 0.717) is 42.7 Å². The van der Waals surface area contributed by atoms with E-state index in [1.54, 1.807) is 53.1 Å². The van der Waals surface area contributed by atoms with Gasteiger partial charge in [-0.05, 0) is 56.0 Å². The zero-order valence-electron chi connectivity index (χ0n) is 21.4. The summed E-state index contributed by atoms with van der Waals surface area (Å²) in [5, 5.41) is 2.98. The van der Waals surface area contributed by atoms with Gasteiger partial charge in [0.15, 0.2) is 0 Å². The summed E-state index contributed by atoms with van der Waals surface area (Å²) in [5.74, 6) is -4.52. The number of alkyl halides is 2. The number of aryl methyl sites for hydroxylation is 1. The summed E-state index contributed by atoms with van der Waals surface area (Å²) >= 11 is 0. The van der Waals surface area contributed by atoms with Gasteiger partial charge in [0.2, 0.25) is 5.91 Å². The highest BCUT2D eigenvalue weighted by Gasteiger charge is 2.43. The molecule has 38 heavy (non-hydrogen) atoms. The first-order valence-electron chi connectivity index (χ1n) is 13.2. The number of nitrogens with zero attached hydrogens (tertiary/aromatic N) is 2. The molecule has 8 heteroatoms. The molecule has 3 aliphatic rings. The monoisotopic (exact) mass is 523 g/mol. The number of hydrogen-bond donors (Lipinski definition) is 1. The van der Waals surface area contributed by atoms with Gasteiger partial charge >= 0.3 is 0 Å². The number of piperidine rings is 1. The highest BCUT2D eigenvalue weighted by Crippen LogP contribution is 2.36. The second-order valence-electron chi connectivity index (χ2n) is 10.4. The molecule has 0 spiro atoms. The standard InChI is InChI=1S/C30H32F3N3O2/c1-20-8-5-14-25(31)26(20)29(38)36-16-7-13-24(27(36)21-9-3-2-4-10-21)28(37)34-22-11-6-12-23(18-22)35-17-15-30(32,33)19-35/h2-6,8-9,11-12,14,18,21,24,27H,7,10,13,15-17,19H2,1H3,(H,34,37)/t21?,24-,27-/m0/s1. The summed E-state index contributed by atoms with van der Waals surface area (Å²) in [7, 11) is 0. The van der Waals surface area contributed by atoms with Crippen molar-refractivity contribution in [2.24, 2.45) is 11.8 Å². The predicted octanol–water partition coefficient (Wildman–Crippen LogP) is 5.97. The van der Waals surface area contributed by atoms with Gasteiger partial charge in [0, 0.05) is 36.8 Å². The molecule has 2 aromatic carbocycles. The third-order valence-electron chi connectivity index (χ3n) is 7.82. The summed E-state index contributed by atoms with van der Waals surface area (Å²) < 4.78 is 42.3. The molecule has 200 valence electrons. The molecular weight excluding hydrogens is 491 g/mol. The van der Waals surface area contributed by atoms with Crippen molar-refractivity contribution < 1.29 is 22.8 Å². The maximum Gasteiger partial charge on any atom is 0.266 e. The third kappa shape index (κ3) is 5.35. The van der Waals surface area contributed by atoms with Gasteiger partial charge < -0.3 is 15.1 Å². The van der Waals surface area contributed by atoms with Gasteiger partial charge in [0.25, 0.3) is 11.8 Å². The van der Waals surface area contributed by atoms with Crippen molar-refractivity contribution in [3.63, 3.8) is 0 Å². The Morgan fingerprint density at radius 1 is 1.08 bits per heavy atom. The molecular formula is C30H32F3N3O2. The van der Waals surface area contributed by atoms with Crippen LogP contribution in [0.25, 0.3) is 0 Å². The number of likely N-dealkylation sites (tertiary alicyclic amines) is 1. The minimum atomic E-state index is -2.72. The number of anilines is 2. The van der Waals surface area contributed by atoms with Crippen LogP contribution < -0.4 is 10.2 Å². The molecule has 2 fully saturated rings. The van der Waals surface area contributed by atoms with Crippen molar-refractivity contribution in [2.45, 2.75) is 44.6 Å². The van der Waals surface area contributed by atoms with Gasteiger partial charge in [-0.3, -0.25) is 9.59 Å². The number of rotatable bonds is 5. The van der Waals surface area contributed by atoms with E-state index >= 15 is 0 Å². The fraction of sp³-hybridized carbons (Fsp3) is 0.400. The van der Waals surface area contributed by atoms with Crippen molar-refractivity contribution in [3.05, 3.63) is 83.7 Å². The SMILES string of the molecule is Cc1cccc(F)c1C(=O)N1CCC[C@H](C(=O)Nc2cccc(N3CCC(F)(F)C3)c2)[C@@H]1C1C=CC=CC1. The van der Waals surface area contributed by atoms with E-state index in [9.17, 15) is 22.8 Å². The molecule has 1 N–H and O–H groups in total. The molecule has 2 amide bonds. The zero-order chi connectivity index (χ0) is 26.9. The van der Waals surface area contributed by atoms with E-state index in [4.69, 9.17) is 0 Å². The lowest BCUT2D eigenvalue weighted by Gasteiger charge is -2.44. The number of carbonyl (C=O) groups is 2. The smallest absolute Gasteiger partial charge is 0.266 e. The summed E-state index contributed by atoms with van der Waals surface area (Å²) in [5.41, 5.74) is 1.76. The molecule has 0 aromatic heterocycles. The van der Waals surface area contributed by atoms with Crippen molar-refractivity contribution in [1.82, 2.24) is 4.90 Å². The Hall–Kier alpha value is -3.55. The molecule has 2 aromatic rings. The van der Waals surface area contributed by atoms with Crippen LogP contribution in [0.1, 0.15) is 41.6 Å². The normalized spacial score (nSPS) is 24.5. The molecule has 2 saturated heterocycles. The maximum atomic E-state index is 14.8. The highest BCUT2D eigenvalue weighted by atomic mass is 19.3. The number of carbonyl (C=O) groups excluding carboxylic acids is 2. The Labute approximate surface area is 221 Å². The molecule has 5 rings (SSSR count). The lowest BCUT2D eigenvalue weighted by atomic mass is 9.77. The number of allylic oxidation sites excluding steroid dienone is 3. The second-order valence-corrected chi connectivity index (χ2v) is 10.4. The number of benzene rings is 2. The van der Waals surface area contributed by atoms with Gasteiger partial charge in [-0.25, -0.2) is 13.2 Å². The molecule has 2 heterocycles. The molecule has 0 bridgehead atoms. The van der Waals surface area contributed by atoms with Crippen LogP contribution in [-0.4, -0.2) is 48.3 Å². The Bertz CT molecular complexity index is 1250. The van der Waals surface area contributed by atoms with Crippen LogP contribution in [0.3, 0.4) is 0 Å². The van der Waals surface area contributed by atoms with Crippen LogP contribution in [0, 0.1) is 24.6 Å². The second kappa shape index (κ2) is 10.7. The number of nitrogens with one attached hydrogen (secondary N) is 1. The van der Waals surface area contributed by atoms with Crippen molar-refractivity contribution in [3.8, 4) is 0 Å². The molecule has 3 atom stereocenters. The third-order valence-corrected chi connectivity index (χ3v) is 7.82. The lowest BCUT2D eigenvalue weighted by Crippen LogP contribution is -2.55. The molecule has 1 unspecified atom stereocenters. The van der Waals surface area contributed by atoms with E-state index in [-0.39, 0.29) is 36.9 Å². The summed E-state index contributed by atoms with van der Waals surface area (Å²) in [6.45, 7) is 2.06. The molecule has 0 saturated carbocycles. The van der Waals surface area contributed by atoms with Crippen molar-refractivity contribution >= 4 is 23.2 Å². The first-order valence-corrected chi connectivity index (χ1v) is 13.2. The van der Waals surface area contributed by atoms with Crippen molar-refractivity contribution in [1.29, 1.82) is 0 Å². The van der Waals surface area contributed by atoms with Gasteiger partial charge in [-0.15, -0.1) is 0 Å². The summed E-state index contributed by atoms with van der Waals surface area (Å²) in [6.07, 6.45) is 9.57. The highest BCUT2D eigenvalue weighted by molar-refractivity contribution is 5.98. The van der Waals surface area contributed by atoms with Crippen molar-refractivity contribution in [2.75, 3.05) is 29.9 Å². The Morgan fingerprint density at radius 3 is 2.61 bits per heavy atom. The van der Waals surface area contributed by atoms with E-state index < -0.39 is 29.6 Å². The minimum absolute atomic E-state index is 0.0454. The van der Waals surface area contributed by atoms with Gasteiger partial charge in [-0.2, -0.15) is 0 Å². The van der Waals surface area contributed by atoms with Crippen LogP contribution in [0.15, 0.2) is 66.8 Å². The maximum absolute atomic E-state index is 14.8. The minimum Gasteiger partial charge on any atom is -0.365 e. The van der Waals surface area contributed by atoms with Gasteiger partial charge in [0.1, 0.15) is 5.82 Å². The zero-order valence-corrected chi connectivity index (χ0v) is 21.4. The molecule has 2 aliphatic heterocycles. The Balaban J connectivity index is 1.40. The molecule has 1 aliphatic carbocycles. The average Bonchev–Trinajstić information content (AvgIpc) is 3.28. The van der Waals surface area contributed by atoms with Gasteiger partial charge in [-0.1, -0.05) is 42.5 Å². The van der Waals surface area contributed by atoms with Crippen LogP contribution in [0.2, 0.25) is 0 Å². The van der Waals surface area contributed by atoms with Crippen LogP contribution >= 0.6 is 0 Å². The average molecular weight is 524 g/mol. The fourth-order valence-corrected chi connectivity index (χ4v) is 5.94. The Morgan fingerprint density at radius 2 is 1.89 bits per heavy atom.